The minimum atomic E-state index is -3.65. The average Bonchev–Trinajstić information content (AvgIpc) is 2.63. The molecule has 1 aromatic rings. The molecule has 20 heavy (non-hydrogen) atoms. The Labute approximate surface area is 128 Å². The van der Waals surface area contributed by atoms with Crippen molar-refractivity contribution in [1.29, 1.82) is 0 Å². The standard InChI is InChI=1S/C13H19BrN2O3S/c1-8-11(15)6-10(14)7-12(8)20(17,18)16-13(3)4-5-19-9(13)2/h6-7,9,16H,4-5,15H2,1-3H3. The highest BCUT2D eigenvalue weighted by Gasteiger charge is 2.41. The predicted molar refractivity (Wildman–Crippen MR) is 82.0 cm³/mol. The first kappa shape index (κ1) is 15.8. The maximum absolute atomic E-state index is 12.6. The second-order valence-corrected chi connectivity index (χ2v) is 7.97. The van der Waals surface area contributed by atoms with E-state index in [2.05, 4.69) is 20.7 Å². The van der Waals surface area contributed by atoms with Crippen molar-refractivity contribution in [3.8, 4) is 0 Å². The van der Waals surface area contributed by atoms with Gasteiger partial charge < -0.3 is 10.5 Å². The van der Waals surface area contributed by atoms with Gasteiger partial charge in [0.25, 0.3) is 0 Å². The van der Waals surface area contributed by atoms with Crippen LogP contribution < -0.4 is 10.5 Å². The van der Waals surface area contributed by atoms with E-state index in [-0.39, 0.29) is 11.0 Å². The van der Waals surface area contributed by atoms with Crippen LogP contribution in [0.4, 0.5) is 5.69 Å². The summed E-state index contributed by atoms with van der Waals surface area (Å²) in [5, 5.41) is 0. The number of halogens is 1. The van der Waals surface area contributed by atoms with Crippen LogP contribution in [0.5, 0.6) is 0 Å². The molecule has 1 fully saturated rings. The molecule has 1 aliphatic heterocycles. The molecule has 0 amide bonds. The number of ether oxygens (including phenoxy) is 1. The van der Waals surface area contributed by atoms with E-state index >= 15 is 0 Å². The van der Waals surface area contributed by atoms with Crippen molar-refractivity contribution in [2.24, 2.45) is 0 Å². The first-order chi connectivity index (χ1) is 9.16. The minimum Gasteiger partial charge on any atom is -0.398 e. The highest BCUT2D eigenvalue weighted by Crippen LogP contribution is 2.30. The lowest BCUT2D eigenvalue weighted by Crippen LogP contribution is -2.50. The van der Waals surface area contributed by atoms with Crippen molar-refractivity contribution in [3.63, 3.8) is 0 Å². The van der Waals surface area contributed by atoms with Crippen LogP contribution in [0.15, 0.2) is 21.5 Å². The second-order valence-electron chi connectivity index (χ2n) is 5.40. The van der Waals surface area contributed by atoms with Crippen molar-refractivity contribution >= 4 is 31.6 Å². The second kappa shape index (κ2) is 5.29. The summed E-state index contributed by atoms with van der Waals surface area (Å²) in [4.78, 5) is 0.199. The molecular formula is C13H19BrN2O3S. The molecule has 0 radical (unpaired) electrons. The molecule has 1 aliphatic rings. The lowest BCUT2D eigenvalue weighted by molar-refractivity contribution is 0.0957. The van der Waals surface area contributed by atoms with Crippen LogP contribution in [0.1, 0.15) is 25.8 Å². The third-order valence-electron chi connectivity index (χ3n) is 3.91. The fourth-order valence-corrected chi connectivity index (χ4v) is 4.71. The number of rotatable bonds is 3. The van der Waals surface area contributed by atoms with Gasteiger partial charge >= 0.3 is 0 Å². The Bertz CT molecular complexity index is 633. The minimum absolute atomic E-state index is 0.165. The van der Waals surface area contributed by atoms with Crippen molar-refractivity contribution in [2.45, 2.75) is 43.7 Å². The molecule has 1 heterocycles. The zero-order valence-electron chi connectivity index (χ0n) is 11.7. The largest absolute Gasteiger partial charge is 0.398 e. The Morgan fingerprint density at radius 3 is 2.70 bits per heavy atom. The molecule has 1 aromatic carbocycles. The number of hydrogen-bond acceptors (Lipinski definition) is 4. The third kappa shape index (κ3) is 2.86. The monoisotopic (exact) mass is 362 g/mol. The van der Waals surface area contributed by atoms with E-state index in [1.54, 1.807) is 19.1 Å². The maximum Gasteiger partial charge on any atom is 0.241 e. The van der Waals surface area contributed by atoms with E-state index < -0.39 is 15.6 Å². The number of nitrogen functional groups attached to an aromatic ring is 1. The van der Waals surface area contributed by atoms with Gasteiger partial charge in [0.1, 0.15) is 0 Å². The summed E-state index contributed by atoms with van der Waals surface area (Å²) in [5.74, 6) is 0. The van der Waals surface area contributed by atoms with E-state index in [0.29, 0.717) is 28.8 Å². The van der Waals surface area contributed by atoms with Gasteiger partial charge in [0.15, 0.2) is 0 Å². The summed E-state index contributed by atoms with van der Waals surface area (Å²) >= 11 is 3.28. The average molecular weight is 363 g/mol. The van der Waals surface area contributed by atoms with E-state index in [1.807, 2.05) is 13.8 Å². The topological polar surface area (TPSA) is 81.4 Å². The zero-order valence-corrected chi connectivity index (χ0v) is 14.1. The number of nitrogens with one attached hydrogen (secondary N) is 1. The number of nitrogens with two attached hydrogens (primary N) is 1. The molecule has 0 aromatic heterocycles. The quantitative estimate of drug-likeness (QED) is 0.807. The normalized spacial score (nSPS) is 26.9. The molecule has 0 saturated carbocycles. The molecule has 0 bridgehead atoms. The van der Waals surface area contributed by atoms with Gasteiger partial charge in [0.2, 0.25) is 10.0 Å². The maximum atomic E-state index is 12.6. The Balaban J connectivity index is 2.41. The fraction of sp³-hybridized carbons (Fsp3) is 0.538. The Kier molecular flexibility index (Phi) is 4.17. The number of anilines is 1. The molecule has 112 valence electrons. The number of sulfonamides is 1. The Morgan fingerprint density at radius 2 is 2.15 bits per heavy atom. The summed E-state index contributed by atoms with van der Waals surface area (Å²) in [7, 11) is -3.65. The van der Waals surface area contributed by atoms with Crippen LogP contribution in [-0.2, 0) is 14.8 Å². The van der Waals surface area contributed by atoms with Crippen molar-refractivity contribution in [1.82, 2.24) is 4.72 Å². The van der Waals surface area contributed by atoms with Crippen LogP contribution in [0.3, 0.4) is 0 Å². The van der Waals surface area contributed by atoms with E-state index in [1.165, 1.54) is 0 Å². The van der Waals surface area contributed by atoms with Crippen molar-refractivity contribution < 1.29 is 13.2 Å². The highest BCUT2D eigenvalue weighted by atomic mass is 79.9. The molecule has 2 unspecified atom stereocenters. The van der Waals surface area contributed by atoms with Crippen LogP contribution in [-0.4, -0.2) is 26.7 Å². The highest BCUT2D eigenvalue weighted by molar-refractivity contribution is 9.10. The molecule has 5 nitrogen and oxygen atoms in total. The van der Waals surface area contributed by atoms with E-state index in [0.717, 1.165) is 0 Å². The summed E-state index contributed by atoms with van der Waals surface area (Å²) in [6.45, 7) is 5.99. The van der Waals surface area contributed by atoms with Crippen molar-refractivity contribution in [2.75, 3.05) is 12.3 Å². The third-order valence-corrected chi connectivity index (χ3v) is 6.10. The van der Waals surface area contributed by atoms with Gasteiger partial charge in [-0.3, -0.25) is 0 Å². The Morgan fingerprint density at radius 1 is 1.50 bits per heavy atom. The number of benzene rings is 1. The van der Waals surface area contributed by atoms with Crippen LogP contribution >= 0.6 is 15.9 Å². The lowest BCUT2D eigenvalue weighted by atomic mass is 9.97. The van der Waals surface area contributed by atoms with Gasteiger partial charge in [-0.05, 0) is 44.9 Å². The van der Waals surface area contributed by atoms with E-state index in [4.69, 9.17) is 10.5 Å². The molecule has 7 heteroatoms. The lowest BCUT2D eigenvalue weighted by Gasteiger charge is -2.29. The summed E-state index contributed by atoms with van der Waals surface area (Å²) in [5.41, 5.74) is 6.24. The van der Waals surface area contributed by atoms with Gasteiger partial charge in [-0.1, -0.05) is 15.9 Å². The Hall–Kier alpha value is -0.630. The molecule has 1 saturated heterocycles. The predicted octanol–water partition coefficient (Wildman–Crippen LogP) is 2.19. The van der Waals surface area contributed by atoms with Crippen LogP contribution in [0.2, 0.25) is 0 Å². The van der Waals surface area contributed by atoms with Gasteiger partial charge in [-0.2, -0.15) is 0 Å². The van der Waals surface area contributed by atoms with E-state index in [9.17, 15) is 8.42 Å². The molecule has 2 atom stereocenters. The van der Waals surface area contributed by atoms with Crippen LogP contribution in [0.25, 0.3) is 0 Å². The smallest absolute Gasteiger partial charge is 0.241 e. The molecular weight excluding hydrogens is 344 g/mol. The molecule has 2 rings (SSSR count). The molecule has 0 aliphatic carbocycles. The van der Waals surface area contributed by atoms with Gasteiger partial charge in [-0.25, -0.2) is 13.1 Å². The van der Waals surface area contributed by atoms with Crippen molar-refractivity contribution in [3.05, 3.63) is 22.2 Å². The summed E-state index contributed by atoms with van der Waals surface area (Å²) < 4.78 is 34.1. The molecule has 0 spiro atoms. The van der Waals surface area contributed by atoms with Gasteiger partial charge in [0.05, 0.1) is 16.5 Å². The first-order valence-corrected chi connectivity index (χ1v) is 8.64. The SMILES string of the molecule is Cc1c(N)cc(Br)cc1S(=O)(=O)NC1(C)CCOC1C. The van der Waals surface area contributed by atoms with Crippen LogP contribution in [0, 0.1) is 6.92 Å². The van der Waals surface area contributed by atoms with Gasteiger partial charge in [-0.15, -0.1) is 0 Å². The molecule has 3 N–H and O–H groups in total. The summed E-state index contributed by atoms with van der Waals surface area (Å²) in [6, 6.07) is 3.26. The van der Waals surface area contributed by atoms with Gasteiger partial charge in [0, 0.05) is 16.8 Å². The first-order valence-electron chi connectivity index (χ1n) is 6.37. The number of hydrogen-bond donors (Lipinski definition) is 2. The fourth-order valence-electron chi connectivity index (χ4n) is 2.28. The summed E-state index contributed by atoms with van der Waals surface area (Å²) in [6.07, 6.45) is 0.484. The zero-order chi connectivity index (χ0) is 15.1.